The van der Waals surface area contributed by atoms with Crippen LogP contribution < -0.4 is 14.8 Å². The molecule has 8 heteroatoms. The first kappa shape index (κ1) is 16.9. The SMILES string of the molecule is O=C(NCc1ccccc1)N1CC2NS(=O)(=O)c3ccccc3OC2C1. The first-order valence-corrected chi connectivity index (χ1v) is 9.86. The van der Waals surface area contributed by atoms with Crippen molar-refractivity contribution in [3.8, 4) is 5.75 Å². The number of hydrogen-bond donors (Lipinski definition) is 2. The number of carbonyl (C=O) groups excluding carboxylic acids is 1. The molecule has 2 amide bonds. The van der Waals surface area contributed by atoms with E-state index in [1.54, 1.807) is 23.1 Å². The molecule has 2 heterocycles. The molecule has 0 radical (unpaired) electrons. The first-order chi connectivity index (χ1) is 12.5. The van der Waals surface area contributed by atoms with Gasteiger partial charge in [0.1, 0.15) is 16.7 Å². The van der Waals surface area contributed by atoms with Crippen molar-refractivity contribution in [3.05, 3.63) is 60.2 Å². The second kappa shape index (κ2) is 6.62. The average Bonchev–Trinajstić information content (AvgIpc) is 2.98. The molecule has 2 aromatic rings. The van der Waals surface area contributed by atoms with E-state index >= 15 is 0 Å². The maximum atomic E-state index is 12.5. The van der Waals surface area contributed by atoms with Gasteiger partial charge in [0.05, 0.1) is 12.6 Å². The Bertz CT molecular complexity index is 917. The number of nitrogens with one attached hydrogen (secondary N) is 2. The predicted octanol–water partition coefficient (Wildman–Crippen LogP) is 1.32. The summed E-state index contributed by atoms with van der Waals surface area (Å²) in [6.07, 6.45) is -0.420. The van der Waals surface area contributed by atoms with Crippen LogP contribution in [0.2, 0.25) is 0 Å². The van der Waals surface area contributed by atoms with E-state index < -0.39 is 22.2 Å². The van der Waals surface area contributed by atoms with E-state index in [9.17, 15) is 13.2 Å². The van der Waals surface area contributed by atoms with Crippen molar-refractivity contribution in [1.82, 2.24) is 14.9 Å². The highest BCUT2D eigenvalue weighted by Gasteiger charge is 2.42. The molecule has 0 bridgehead atoms. The van der Waals surface area contributed by atoms with E-state index in [0.29, 0.717) is 18.8 Å². The molecule has 4 rings (SSSR count). The van der Waals surface area contributed by atoms with Gasteiger partial charge < -0.3 is 15.0 Å². The third-order valence-electron chi connectivity index (χ3n) is 4.56. The van der Waals surface area contributed by atoms with Crippen molar-refractivity contribution in [2.24, 2.45) is 0 Å². The van der Waals surface area contributed by atoms with Gasteiger partial charge in [0.2, 0.25) is 10.0 Å². The van der Waals surface area contributed by atoms with Gasteiger partial charge in [0.15, 0.2) is 0 Å². The highest BCUT2D eigenvalue weighted by Crippen LogP contribution is 2.30. The van der Waals surface area contributed by atoms with E-state index in [1.807, 2.05) is 30.3 Å². The molecule has 0 spiro atoms. The van der Waals surface area contributed by atoms with Crippen LogP contribution in [0.25, 0.3) is 0 Å². The summed E-state index contributed by atoms with van der Waals surface area (Å²) < 4.78 is 33.6. The lowest BCUT2D eigenvalue weighted by atomic mass is 10.2. The Kier molecular flexibility index (Phi) is 4.29. The number of rotatable bonds is 2. The summed E-state index contributed by atoms with van der Waals surface area (Å²) in [6.45, 7) is 1.00. The monoisotopic (exact) mass is 373 g/mol. The Balaban J connectivity index is 1.46. The Morgan fingerprint density at radius 3 is 2.65 bits per heavy atom. The van der Waals surface area contributed by atoms with Gasteiger partial charge in [-0.05, 0) is 17.7 Å². The number of likely N-dealkylation sites (tertiary alicyclic amines) is 1. The Labute approximate surface area is 152 Å². The Morgan fingerprint density at radius 1 is 1.12 bits per heavy atom. The fourth-order valence-corrected chi connectivity index (χ4v) is 4.64. The van der Waals surface area contributed by atoms with Gasteiger partial charge in [-0.3, -0.25) is 0 Å². The zero-order valence-corrected chi connectivity index (χ0v) is 14.8. The van der Waals surface area contributed by atoms with E-state index in [1.165, 1.54) is 6.07 Å². The van der Waals surface area contributed by atoms with Crippen LogP contribution >= 0.6 is 0 Å². The lowest BCUT2D eigenvalue weighted by Gasteiger charge is -2.18. The van der Waals surface area contributed by atoms with Crippen molar-refractivity contribution in [2.45, 2.75) is 23.6 Å². The highest BCUT2D eigenvalue weighted by atomic mass is 32.2. The summed E-state index contributed by atoms with van der Waals surface area (Å²) in [6, 6.07) is 15.4. The number of sulfonamides is 1. The maximum absolute atomic E-state index is 12.5. The van der Waals surface area contributed by atoms with Crippen LogP contribution in [-0.4, -0.2) is 44.6 Å². The molecule has 7 nitrogen and oxygen atoms in total. The van der Waals surface area contributed by atoms with Gasteiger partial charge in [0.25, 0.3) is 0 Å². The lowest BCUT2D eigenvalue weighted by Crippen LogP contribution is -2.43. The summed E-state index contributed by atoms with van der Waals surface area (Å²) >= 11 is 0. The minimum atomic E-state index is -3.67. The Morgan fingerprint density at radius 2 is 1.85 bits per heavy atom. The van der Waals surface area contributed by atoms with Crippen LogP contribution in [0.1, 0.15) is 5.56 Å². The molecule has 2 aliphatic heterocycles. The number of nitrogens with zero attached hydrogens (tertiary/aromatic N) is 1. The normalized spacial score (nSPS) is 23.3. The third-order valence-corrected chi connectivity index (χ3v) is 6.09. The number of hydrogen-bond acceptors (Lipinski definition) is 4. The fourth-order valence-electron chi connectivity index (χ4n) is 3.25. The molecule has 2 aromatic carbocycles. The van der Waals surface area contributed by atoms with Gasteiger partial charge >= 0.3 is 6.03 Å². The molecule has 2 atom stereocenters. The second-order valence-electron chi connectivity index (χ2n) is 6.38. The zero-order valence-electron chi connectivity index (χ0n) is 14.0. The van der Waals surface area contributed by atoms with Crippen LogP contribution in [0.5, 0.6) is 5.75 Å². The fraction of sp³-hybridized carbons (Fsp3) is 0.278. The van der Waals surface area contributed by atoms with E-state index in [2.05, 4.69) is 10.0 Å². The molecule has 2 N–H and O–H groups in total. The van der Waals surface area contributed by atoms with Gasteiger partial charge in [-0.15, -0.1) is 0 Å². The number of urea groups is 1. The number of ether oxygens (including phenoxy) is 1. The van der Waals surface area contributed by atoms with Gasteiger partial charge in [-0.1, -0.05) is 42.5 Å². The molecule has 1 fully saturated rings. The number of benzene rings is 2. The van der Waals surface area contributed by atoms with E-state index in [-0.39, 0.29) is 17.5 Å². The van der Waals surface area contributed by atoms with Crippen LogP contribution in [-0.2, 0) is 16.6 Å². The van der Waals surface area contributed by atoms with Crippen molar-refractivity contribution < 1.29 is 17.9 Å². The first-order valence-electron chi connectivity index (χ1n) is 8.38. The summed E-state index contributed by atoms with van der Waals surface area (Å²) in [5.41, 5.74) is 1.00. The molecular formula is C18H19N3O4S. The largest absolute Gasteiger partial charge is 0.485 e. The molecule has 1 saturated heterocycles. The van der Waals surface area contributed by atoms with Gasteiger partial charge in [-0.25, -0.2) is 17.9 Å². The van der Waals surface area contributed by atoms with Crippen LogP contribution in [0.3, 0.4) is 0 Å². The van der Waals surface area contributed by atoms with E-state index in [4.69, 9.17) is 4.74 Å². The predicted molar refractivity (Wildman–Crippen MR) is 95.2 cm³/mol. The van der Waals surface area contributed by atoms with Gasteiger partial charge in [0, 0.05) is 13.1 Å². The molecule has 0 aliphatic carbocycles. The minimum absolute atomic E-state index is 0.134. The summed E-state index contributed by atoms with van der Waals surface area (Å²) in [5, 5.41) is 2.86. The maximum Gasteiger partial charge on any atom is 0.317 e. The smallest absolute Gasteiger partial charge is 0.317 e. The quantitative estimate of drug-likeness (QED) is 0.831. The van der Waals surface area contributed by atoms with Crippen molar-refractivity contribution in [2.75, 3.05) is 13.1 Å². The zero-order chi connectivity index (χ0) is 18.1. The van der Waals surface area contributed by atoms with Crippen LogP contribution in [0.15, 0.2) is 59.5 Å². The van der Waals surface area contributed by atoms with Crippen molar-refractivity contribution in [3.63, 3.8) is 0 Å². The molecule has 0 saturated carbocycles. The lowest BCUT2D eigenvalue weighted by molar-refractivity contribution is 0.179. The third kappa shape index (κ3) is 3.25. The molecule has 2 aliphatic rings. The summed E-state index contributed by atoms with van der Waals surface area (Å²) in [7, 11) is -3.67. The number of fused-ring (bicyclic) bond motifs is 2. The molecule has 2 unspecified atom stereocenters. The minimum Gasteiger partial charge on any atom is -0.485 e. The number of amides is 2. The second-order valence-corrected chi connectivity index (χ2v) is 8.06. The summed E-state index contributed by atoms with van der Waals surface area (Å²) in [5.74, 6) is 0.319. The van der Waals surface area contributed by atoms with Gasteiger partial charge in [-0.2, -0.15) is 0 Å². The number of para-hydroxylation sites is 1. The van der Waals surface area contributed by atoms with Crippen molar-refractivity contribution >= 4 is 16.1 Å². The molecule has 136 valence electrons. The highest BCUT2D eigenvalue weighted by molar-refractivity contribution is 7.89. The van der Waals surface area contributed by atoms with E-state index in [0.717, 1.165) is 5.56 Å². The topological polar surface area (TPSA) is 87.7 Å². The molecule has 0 aromatic heterocycles. The average molecular weight is 373 g/mol. The molecule has 26 heavy (non-hydrogen) atoms. The van der Waals surface area contributed by atoms with Crippen LogP contribution in [0.4, 0.5) is 4.79 Å². The van der Waals surface area contributed by atoms with Crippen molar-refractivity contribution in [1.29, 1.82) is 0 Å². The Hall–Kier alpha value is -2.58. The number of carbonyl (C=O) groups is 1. The standard InChI is InChI=1S/C18H19N3O4S/c22-18(19-10-13-6-2-1-3-7-13)21-11-14-16(12-21)25-15-8-4-5-9-17(15)26(23,24)20-14/h1-9,14,16,20H,10-12H2,(H,19,22). The summed E-state index contributed by atoms with van der Waals surface area (Å²) in [4.78, 5) is 14.1. The molecular weight excluding hydrogens is 354 g/mol. The van der Waals surface area contributed by atoms with Crippen LogP contribution in [0, 0.1) is 0 Å².